The molecule has 158 valence electrons. The highest BCUT2D eigenvalue weighted by Gasteiger charge is 2.37. The van der Waals surface area contributed by atoms with Crippen LogP contribution in [0.3, 0.4) is 0 Å². The summed E-state index contributed by atoms with van der Waals surface area (Å²) < 4.78 is 23.8. The van der Waals surface area contributed by atoms with Gasteiger partial charge in [-0.3, -0.25) is 9.69 Å². The maximum absolute atomic E-state index is 13.2. The molecule has 1 saturated heterocycles. The zero-order valence-corrected chi connectivity index (χ0v) is 18.0. The number of halogens is 1. The molecule has 0 radical (unpaired) electrons. The van der Waals surface area contributed by atoms with Gasteiger partial charge in [-0.25, -0.2) is 4.39 Å². The first-order valence-electron chi connectivity index (χ1n) is 9.61. The molecule has 1 amide bonds. The molecule has 0 saturated carbocycles. The van der Waals surface area contributed by atoms with Gasteiger partial charge in [-0.2, -0.15) is 5.10 Å². The summed E-state index contributed by atoms with van der Waals surface area (Å²) in [5, 5.41) is 8.85. The molecule has 0 aromatic heterocycles. The first-order valence-corrected chi connectivity index (χ1v) is 10.5. The first kappa shape index (κ1) is 21.8. The second-order valence-electron chi connectivity index (χ2n) is 6.68. The van der Waals surface area contributed by atoms with Crippen molar-refractivity contribution in [2.75, 3.05) is 14.2 Å². The number of rotatable bonds is 8. The molecule has 0 N–H and O–H groups in total. The molecule has 0 bridgehead atoms. The minimum atomic E-state index is -0.309. The molecule has 1 heterocycles. The van der Waals surface area contributed by atoms with Crippen molar-refractivity contribution in [1.29, 1.82) is 0 Å². The quantitative estimate of drug-likeness (QED) is 0.459. The molecule has 3 rings (SSSR count). The van der Waals surface area contributed by atoms with Gasteiger partial charge >= 0.3 is 0 Å². The lowest BCUT2D eigenvalue weighted by Crippen LogP contribution is -2.31. The number of hydrogen-bond acceptors (Lipinski definition) is 6. The van der Waals surface area contributed by atoms with E-state index in [1.165, 1.54) is 23.9 Å². The molecule has 6 nitrogen and oxygen atoms in total. The van der Waals surface area contributed by atoms with Gasteiger partial charge in [0.25, 0.3) is 0 Å². The van der Waals surface area contributed by atoms with Gasteiger partial charge in [0.2, 0.25) is 5.91 Å². The minimum absolute atomic E-state index is 0.00199. The van der Waals surface area contributed by atoms with Gasteiger partial charge in [-0.1, -0.05) is 37.2 Å². The Kier molecular flexibility index (Phi) is 7.46. The van der Waals surface area contributed by atoms with Crippen LogP contribution in [-0.4, -0.2) is 41.7 Å². The fraction of sp³-hybridized carbons (Fsp3) is 0.318. The van der Waals surface area contributed by atoms with E-state index in [4.69, 9.17) is 9.47 Å². The number of amides is 1. The molecule has 8 heteroatoms. The number of ether oxygens (including phenoxy) is 2. The maximum atomic E-state index is 13.2. The van der Waals surface area contributed by atoms with Crippen LogP contribution in [0.4, 0.5) is 4.39 Å². The fourth-order valence-corrected chi connectivity index (χ4v) is 4.23. The Hall–Kier alpha value is -2.87. The Morgan fingerprint density at radius 1 is 1.17 bits per heavy atom. The maximum Gasteiger partial charge on any atom is 0.242 e. The summed E-state index contributed by atoms with van der Waals surface area (Å²) in [6, 6.07) is 11.5. The van der Waals surface area contributed by atoms with Gasteiger partial charge < -0.3 is 9.47 Å². The van der Waals surface area contributed by atoms with Gasteiger partial charge in [-0.05, 0) is 36.2 Å². The Morgan fingerprint density at radius 3 is 2.60 bits per heavy atom. The van der Waals surface area contributed by atoms with Crippen LogP contribution in [0.2, 0.25) is 0 Å². The van der Waals surface area contributed by atoms with Crippen molar-refractivity contribution in [3.8, 4) is 11.5 Å². The monoisotopic (exact) mass is 429 g/mol. The van der Waals surface area contributed by atoms with E-state index in [-0.39, 0.29) is 17.0 Å². The Labute approximate surface area is 179 Å². The highest BCUT2D eigenvalue weighted by Crippen LogP contribution is 2.32. The van der Waals surface area contributed by atoms with Crippen molar-refractivity contribution in [3.05, 3.63) is 59.4 Å². The van der Waals surface area contributed by atoms with Crippen molar-refractivity contribution >= 4 is 29.1 Å². The summed E-state index contributed by atoms with van der Waals surface area (Å²) >= 11 is 1.41. The normalized spacial score (nSPS) is 17.9. The Morgan fingerprint density at radius 2 is 1.93 bits per heavy atom. The number of carbonyl (C=O) groups excluding carboxylic acids is 1. The molecule has 0 spiro atoms. The molecule has 1 aliphatic rings. The summed E-state index contributed by atoms with van der Waals surface area (Å²) in [5.74, 6) is 0.986. The third-order valence-electron chi connectivity index (χ3n) is 4.61. The van der Waals surface area contributed by atoms with Crippen molar-refractivity contribution in [1.82, 2.24) is 4.90 Å². The number of thioether (sulfide) groups is 1. The third-order valence-corrected chi connectivity index (χ3v) is 5.84. The van der Waals surface area contributed by atoms with Gasteiger partial charge in [0.1, 0.15) is 17.3 Å². The lowest BCUT2D eigenvalue weighted by atomic mass is 10.2. The van der Waals surface area contributed by atoms with E-state index in [0.29, 0.717) is 23.2 Å². The number of hydrogen-bond donors (Lipinski definition) is 0. The molecule has 2 aromatic rings. The topological polar surface area (TPSA) is 63.5 Å². The van der Waals surface area contributed by atoms with Crippen molar-refractivity contribution in [2.45, 2.75) is 31.6 Å². The Balaban J connectivity index is 1.83. The van der Waals surface area contributed by atoms with E-state index in [1.54, 1.807) is 43.5 Å². The van der Waals surface area contributed by atoms with Gasteiger partial charge in [0.15, 0.2) is 5.17 Å². The molecule has 2 aromatic carbocycles. The zero-order valence-electron chi connectivity index (χ0n) is 17.2. The van der Waals surface area contributed by atoms with Gasteiger partial charge in [-0.15, -0.1) is 5.10 Å². The van der Waals surface area contributed by atoms with Crippen LogP contribution in [0.1, 0.15) is 30.9 Å². The molecule has 30 heavy (non-hydrogen) atoms. The van der Waals surface area contributed by atoms with Crippen LogP contribution >= 0.6 is 11.8 Å². The number of methoxy groups -OCH3 is 2. The predicted molar refractivity (Wildman–Crippen MR) is 118 cm³/mol. The molecular weight excluding hydrogens is 405 g/mol. The molecular formula is C22H24FN3O3S. The van der Waals surface area contributed by atoms with Crippen LogP contribution in [0.15, 0.2) is 52.7 Å². The number of amidine groups is 1. The number of benzene rings is 2. The molecule has 1 unspecified atom stereocenters. The first-order chi connectivity index (χ1) is 14.5. The van der Waals surface area contributed by atoms with E-state index in [0.717, 1.165) is 24.0 Å². The highest BCUT2D eigenvalue weighted by molar-refractivity contribution is 8.15. The summed E-state index contributed by atoms with van der Waals surface area (Å²) in [6.07, 6.45) is 3.24. The van der Waals surface area contributed by atoms with Crippen LogP contribution in [0, 0.1) is 5.82 Å². The second kappa shape index (κ2) is 10.2. The standard InChI is InChI=1S/C22H24FN3O3S/c1-4-5-20-21(27)26(14-15-6-9-17(23)10-7-15)22(30-20)25-24-13-16-8-11-18(28-2)12-19(16)29-3/h6-13,20H,4-5,14H2,1-3H3. The largest absolute Gasteiger partial charge is 0.497 e. The number of nitrogens with zero attached hydrogens (tertiary/aromatic N) is 3. The smallest absolute Gasteiger partial charge is 0.242 e. The van der Waals surface area contributed by atoms with E-state index >= 15 is 0 Å². The van der Waals surface area contributed by atoms with Gasteiger partial charge in [0, 0.05) is 11.6 Å². The van der Waals surface area contributed by atoms with Crippen molar-refractivity contribution < 1.29 is 18.7 Å². The van der Waals surface area contributed by atoms with Crippen LogP contribution < -0.4 is 9.47 Å². The Bertz CT molecular complexity index is 947. The van der Waals surface area contributed by atoms with Gasteiger partial charge in [0.05, 0.1) is 32.2 Å². The van der Waals surface area contributed by atoms with E-state index < -0.39 is 0 Å². The summed E-state index contributed by atoms with van der Waals surface area (Å²) in [6.45, 7) is 2.37. The molecule has 0 aliphatic carbocycles. The van der Waals surface area contributed by atoms with E-state index in [1.807, 2.05) is 19.1 Å². The van der Waals surface area contributed by atoms with Crippen LogP contribution in [0.5, 0.6) is 11.5 Å². The predicted octanol–water partition coefficient (Wildman–Crippen LogP) is 4.48. The van der Waals surface area contributed by atoms with Crippen LogP contribution in [-0.2, 0) is 11.3 Å². The SMILES string of the molecule is CCCC1SC(=NN=Cc2ccc(OC)cc2OC)N(Cc2ccc(F)cc2)C1=O. The highest BCUT2D eigenvalue weighted by atomic mass is 32.2. The minimum Gasteiger partial charge on any atom is -0.497 e. The lowest BCUT2D eigenvalue weighted by molar-refractivity contribution is -0.126. The average Bonchev–Trinajstić information content (AvgIpc) is 3.04. The molecule has 1 fully saturated rings. The average molecular weight is 430 g/mol. The van der Waals surface area contributed by atoms with Crippen molar-refractivity contribution in [3.63, 3.8) is 0 Å². The zero-order chi connectivity index (χ0) is 21.5. The second-order valence-corrected chi connectivity index (χ2v) is 7.85. The molecule has 1 atom stereocenters. The summed E-state index contributed by atoms with van der Waals surface area (Å²) in [4.78, 5) is 14.5. The van der Waals surface area contributed by atoms with E-state index in [9.17, 15) is 9.18 Å². The lowest BCUT2D eigenvalue weighted by Gasteiger charge is -2.15. The number of carbonyl (C=O) groups is 1. The van der Waals surface area contributed by atoms with Crippen LogP contribution in [0.25, 0.3) is 0 Å². The third kappa shape index (κ3) is 5.18. The molecule has 1 aliphatic heterocycles. The summed E-state index contributed by atoms with van der Waals surface area (Å²) in [5.41, 5.74) is 1.57. The summed E-state index contributed by atoms with van der Waals surface area (Å²) in [7, 11) is 3.16. The fourth-order valence-electron chi connectivity index (χ4n) is 3.01. The van der Waals surface area contributed by atoms with Crippen molar-refractivity contribution in [2.24, 2.45) is 10.2 Å². The van der Waals surface area contributed by atoms with E-state index in [2.05, 4.69) is 10.2 Å².